The second-order valence-electron chi connectivity index (χ2n) is 5.06. The van der Waals surface area contributed by atoms with E-state index < -0.39 is 0 Å². The van der Waals surface area contributed by atoms with Crippen LogP contribution in [-0.2, 0) is 16.0 Å². The molecule has 1 N–H and O–H groups in total. The highest BCUT2D eigenvalue weighted by Crippen LogP contribution is 2.30. The van der Waals surface area contributed by atoms with Crippen LogP contribution in [0.25, 0.3) is 0 Å². The van der Waals surface area contributed by atoms with Crippen LogP contribution in [0.1, 0.15) is 23.7 Å². The summed E-state index contributed by atoms with van der Waals surface area (Å²) in [6.45, 7) is 1.66. The molecule has 0 bridgehead atoms. The zero-order valence-corrected chi connectivity index (χ0v) is 11.7. The molecule has 0 amide bonds. The molecule has 102 valence electrons. The summed E-state index contributed by atoms with van der Waals surface area (Å²) in [5.74, 6) is 2.29. The summed E-state index contributed by atoms with van der Waals surface area (Å²) in [6.07, 6.45) is 1.40. The average molecular weight is 277 g/mol. The fourth-order valence-corrected chi connectivity index (χ4v) is 3.71. The molecule has 3 nitrogen and oxygen atoms in total. The lowest BCUT2D eigenvalue weighted by Crippen LogP contribution is -2.44. The van der Waals surface area contributed by atoms with Gasteiger partial charge in [0.1, 0.15) is 0 Å². The van der Waals surface area contributed by atoms with Crippen LogP contribution >= 0.6 is 11.8 Å². The van der Waals surface area contributed by atoms with E-state index in [1.807, 2.05) is 17.8 Å². The first-order valence-corrected chi connectivity index (χ1v) is 8.03. The van der Waals surface area contributed by atoms with E-state index in [4.69, 9.17) is 4.74 Å². The van der Waals surface area contributed by atoms with Gasteiger partial charge >= 0.3 is 0 Å². The predicted molar refractivity (Wildman–Crippen MR) is 77.6 cm³/mol. The molecule has 1 fully saturated rings. The number of carbonyl (C=O) groups excluding carboxylic acids is 1. The van der Waals surface area contributed by atoms with Gasteiger partial charge in [-0.05, 0) is 17.5 Å². The molecule has 2 heterocycles. The van der Waals surface area contributed by atoms with Crippen molar-refractivity contribution in [1.82, 2.24) is 5.32 Å². The van der Waals surface area contributed by atoms with Gasteiger partial charge in [0.05, 0.1) is 18.8 Å². The number of carbonyl (C=O) groups is 1. The first-order chi connectivity index (χ1) is 9.34. The third-order valence-corrected chi connectivity index (χ3v) is 4.85. The van der Waals surface area contributed by atoms with Crippen LogP contribution in [0.3, 0.4) is 0 Å². The van der Waals surface area contributed by atoms with Gasteiger partial charge in [0.15, 0.2) is 5.78 Å². The van der Waals surface area contributed by atoms with Crippen LogP contribution in [0, 0.1) is 0 Å². The number of nitrogens with one attached hydrogen (secondary N) is 1. The highest BCUT2D eigenvalue weighted by atomic mass is 32.2. The van der Waals surface area contributed by atoms with Gasteiger partial charge < -0.3 is 10.1 Å². The van der Waals surface area contributed by atoms with Crippen LogP contribution in [-0.4, -0.2) is 36.5 Å². The zero-order valence-electron chi connectivity index (χ0n) is 10.9. The van der Waals surface area contributed by atoms with Crippen molar-refractivity contribution in [2.24, 2.45) is 0 Å². The Balaban J connectivity index is 1.68. The maximum Gasteiger partial charge on any atom is 0.153 e. The molecule has 4 heteroatoms. The minimum absolute atomic E-state index is 0.0106. The van der Waals surface area contributed by atoms with E-state index in [0.717, 1.165) is 31.1 Å². The lowest BCUT2D eigenvalue weighted by atomic mass is 9.93. The summed E-state index contributed by atoms with van der Waals surface area (Å²) >= 11 is 1.85. The number of ether oxygens (including phenoxy) is 1. The molecule has 1 aromatic carbocycles. The van der Waals surface area contributed by atoms with Crippen molar-refractivity contribution in [2.75, 3.05) is 24.7 Å². The average Bonchev–Trinajstić information content (AvgIpc) is 2.48. The molecule has 2 aliphatic heterocycles. The van der Waals surface area contributed by atoms with E-state index in [-0.39, 0.29) is 17.9 Å². The molecule has 2 unspecified atom stereocenters. The summed E-state index contributed by atoms with van der Waals surface area (Å²) in [7, 11) is 0. The molecule has 2 aliphatic rings. The monoisotopic (exact) mass is 277 g/mol. The summed E-state index contributed by atoms with van der Waals surface area (Å²) in [5, 5.41) is 3.31. The van der Waals surface area contributed by atoms with Gasteiger partial charge in [-0.2, -0.15) is 11.8 Å². The van der Waals surface area contributed by atoms with Gasteiger partial charge in [0, 0.05) is 24.5 Å². The van der Waals surface area contributed by atoms with Crippen LogP contribution in [0.2, 0.25) is 0 Å². The first-order valence-electron chi connectivity index (χ1n) is 6.88. The molecule has 1 saturated heterocycles. The molecule has 0 spiro atoms. The minimum Gasteiger partial charge on any atom is -0.373 e. The highest BCUT2D eigenvalue weighted by Gasteiger charge is 2.27. The number of benzene rings is 1. The number of rotatable bonds is 3. The molecule has 0 saturated carbocycles. The summed E-state index contributed by atoms with van der Waals surface area (Å²) in [4.78, 5) is 12.3. The van der Waals surface area contributed by atoms with E-state index in [1.165, 1.54) is 11.1 Å². The van der Waals surface area contributed by atoms with E-state index in [9.17, 15) is 4.79 Å². The van der Waals surface area contributed by atoms with Gasteiger partial charge in [-0.25, -0.2) is 0 Å². The molecule has 3 rings (SSSR count). The number of ketones is 1. The van der Waals surface area contributed by atoms with Crippen molar-refractivity contribution in [3.8, 4) is 0 Å². The molecular weight excluding hydrogens is 258 g/mol. The highest BCUT2D eigenvalue weighted by molar-refractivity contribution is 7.99. The maximum atomic E-state index is 12.3. The summed E-state index contributed by atoms with van der Waals surface area (Å²) < 4.78 is 5.81. The van der Waals surface area contributed by atoms with Crippen LogP contribution in [0.15, 0.2) is 24.3 Å². The number of hydrogen-bond donors (Lipinski definition) is 1. The minimum atomic E-state index is -0.0498. The Bertz CT molecular complexity index is 457. The quantitative estimate of drug-likeness (QED) is 0.916. The normalized spacial score (nSPS) is 26.7. The topological polar surface area (TPSA) is 38.3 Å². The van der Waals surface area contributed by atoms with Crippen molar-refractivity contribution in [1.29, 1.82) is 0 Å². The Labute approximate surface area is 118 Å². The van der Waals surface area contributed by atoms with Crippen LogP contribution in [0.5, 0.6) is 0 Å². The third-order valence-electron chi connectivity index (χ3n) is 3.79. The largest absolute Gasteiger partial charge is 0.373 e. The van der Waals surface area contributed by atoms with Crippen molar-refractivity contribution < 1.29 is 9.53 Å². The molecule has 0 aromatic heterocycles. The van der Waals surface area contributed by atoms with Crippen molar-refractivity contribution >= 4 is 17.5 Å². The Hall–Kier alpha value is -0.840. The number of hydrogen-bond acceptors (Lipinski definition) is 4. The first kappa shape index (κ1) is 13.2. The second-order valence-corrected chi connectivity index (χ2v) is 6.21. The van der Waals surface area contributed by atoms with Gasteiger partial charge in [0.2, 0.25) is 0 Å². The maximum absolute atomic E-state index is 12.3. The van der Waals surface area contributed by atoms with Crippen molar-refractivity contribution in [3.63, 3.8) is 0 Å². The van der Waals surface area contributed by atoms with E-state index in [2.05, 4.69) is 23.5 Å². The fourth-order valence-electron chi connectivity index (χ4n) is 2.74. The van der Waals surface area contributed by atoms with Crippen molar-refractivity contribution in [3.05, 3.63) is 35.4 Å². The molecule has 0 radical (unpaired) electrons. The zero-order chi connectivity index (χ0) is 13.1. The Morgan fingerprint density at radius 3 is 3.16 bits per heavy atom. The molecule has 2 atom stereocenters. The lowest BCUT2D eigenvalue weighted by Gasteiger charge is -2.28. The summed E-state index contributed by atoms with van der Waals surface area (Å²) in [5.41, 5.74) is 2.53. The number of thioether (sulfide) groups is 1. The summed E-state index contributed by atoms with van der Waals surface area (Å²) in [6, 6.07) is 8.33. The smallest absolute Gasteiger partial charge is 0.153 e. The SMILES string of the molecule is O=C(CC1OCCc2ccccc21)C1CSCCN1. The van der Waals surface area contributed by atoms with E-state index >= 15 is 0 Å². The van der Waals surface area contributed by atoms with Gasteiger partial charge in [-0.1, -0.05) is 24.3 Å². The fraction of sp³-hybridized carbons (Fsp3) is 0.533. The Morgan fingerprint density at radius 2 is 2.32 bits per heavy atom. The van der Waals surface area contributed by atoms with Gasteiger partial charge in [-0.15, -0.1) is 0 Å². The van der Waals surface area contributed by atoms with Crippen molar-refractivity contribution in [2.45, 2.75) is 25.0 Å². The Morgan fingerprint density at radius 1 is 1.42 bits per heavy atom. The Kier molecular flexibility index (Phi) is 4.21. The molecule has 19 heavy (non-hydrogen) atoms. The number of fused-ring (bicyclic) bond motifs is 1. The second kappa shape index (κ2) is 6.07. The molecule has 0 aliphatic carbocycles. The van der Waals surface area contributed by atoms with Crippen LogP contribution in [0.4, 0.5) is 0 Å². The van der Waals surface area contributed by atoms with E-state index in [1.54, 1.807) is 0 Å². The molecule has 1 aromatic rings. The van der Waals surface area contributed by atoms with Gasteiger partial charge in [0.25, 0.3) is 0 Å². The van der Waals surface area contributed by atoms with Crippen LogP contribution < -0.4 is 5.32 Å². The standard InChI is InChI=1S/C15H19NO2S/c17-14(13-10-19-8-6-16-13)9-15-12-4-2-1-3-11(12)5-7-18-15/h1-4,13,15-16H,5-10H2. The third kappa shape index (κ3) is 3.02. The van der Waals surface area contributed by atoms with Gasteiger partial charge in [-0.3, -0.25) is 4.79 Å². The molecular formula is C15H19NO2S. The van der Waals surface area contributed by atoms with E-state index in [0.29, 0.717) is 6.42 Å². The number of Topliss-reactive ketones (excluding diaryl/α,β-unsaturated/α-hetero) is 1. The predicted octanol–water partition coefficient (Wildman–Crippen LogP) is 1.96. The lowest BCUT2D eigenvalue weighted by molar-refractivity contribution is -0.123.